The van der Waals surface area contributed by atoms with Crippen LogP contribution in [0.4, 0.5) is 5.82 Å². The molecule has 1 aromatic carbocycles. The monoisotopic (exact) mass is 242 g/mol. The first-order valence-electron chi connectivity index (χ1n) is 6.51. The molecule has 0 aliphatic heterocycles. The molecule has 1 aromatic heterocycles. The van der Waals surface area contributed by atoms with Crippen molar-refractivity contribution < 1.29 is 0 Å². The summed E-state index contributed by atoms with van der Waals surface area (Å²) < 4.78 is 0. The number of aryl methyl sites for hydroxylation is 1. The molecule has 0 amide bonds. The first-order chi connectivity index (χ1) is 8.38. The van der Waals surface area contributed by atoms with Crippen molar-refractivity contribution in [1.29, 1.82) is 0 Å². The van der Waals surface area contributed by atoms with E-state index < -0.39 is 0 Å². The second kappa shape index (κ2) is 4.60. The summed E-state index contributed by atoms with van der Waals surface area (Å²) in [6.07, 6.45) is 0. The summed E-state index contributed by atoms with van der Waals surface area (Å²) in [6.45, 7) is 11.0. The molecule has 2 heteroatoms. The van der Waals surface area contributed by atoms with Gasteiger partial charge in [0.05, 0.1) is 5.52 Å². The van der Waals surface area contributed by atoms with E-state index >= 15 is 0 Å². The van der Waals surface area contributed by atoms with Crippen molar-refractivity contribution in [3.05, 3.63) is 35.9 Å². The maximum atomic E-state index is 4.72. The lowest BCUT2D eigenvalue weighted by Crippen LogP contribution is -2.31. The van der Waals surface area contributed by atoms with Gasteiger partial charge in [-0.25, -0.2) is 4.98 Å². The molecule has 1 atom stereocenters. The highest BCUT2D eigenvalue weighted by atomic mass is 15.0. The topological polar surface area (TPSA) is 24.9 Å². The zero-order chi connectivity index (χ0) is 13.3. The van der Waals surface area contributed by atoms with Crippen LogP contribution in [0.1, 0.15) is 33.3 Å². The predicted molar refractivity (Wildman–Crippen MR) is 79.0 cm³/mol. The number of para-hydroxylation sites is 1. The number of nitrogens with one attached hydrogen (secondary N) is 1. The van der Waals surface area contributed by atoms with Crippen molar-refractivity contribution in [2.45, 2.75) is 40.7 Å². The van der Waals surface area contributed by atoms with Crippen molar-refractivity contribution in [1.82, 2.24) is 4.98 Å². The van der Waals surface area contributed by atoms with Gasteiger partial charge in [0.15, 0.2) is 0 Å². The molecule has 18 heavy (non-hydrogen) atoms. The second-order valence-corrected chi connectivity index (χ2v) is 6.08. The number of anilines is 1. The van der Waals surface area contributed by atoms with E-state index in [0.29, 0.717) is 6.04 Å². The first-order valence-corrected chi connectivity index (χ1v) is 6.51. The third-order valence-corrected chi connectivity index (χ3v) is 3.57. The molecule has 1 N–H and O–H groups in total. The Labute approximate surface area is 109 Å². The Morgan fingerprint density at radius 3 is 2.50 bits per heavy atom. The highest BCUT2D eigenvalue weighted by Gasteiger charge is 2.20. The Hall–Kier alpha value is -1.57. The predicted octanol–water partition coefficient (Wildman–Crippen LogP) is 4.39. The van der Waals surface area contributed by atoms with Crippen molar-refractivity contribution in [3.63, 3.8) is 0 Å². The normalized spacial score (nSPS) is 13.6. The van der Waals surface area contributed by atoms with Gasteiger partial charge in [0.2, 0.25) is 0 Å². The number of hydrogen-bond acceptors (Lipinski definition) is 2. The molecule has 96 valence electrons. The van der Waals surface area contributed by atoms with Crippen molar-refractivity contribution in [2.24, 2.45) is 5.41 Å². The highest BCUT2D eigenvalue weighted by molar-refractivity contribution is 5.81. The molecule has 0 radical (unpaired) electrons. The van der Waals surface area contributed by atoms with Gasteiger partial charge in [-0.05, 0) is 37.0 Å². The van der Waals surface area contributed by atoms with E-state index in [1.807, 2.05) is 12.1 Å². The fraction of sp³-hybridized carbons (Fsp3) is 0.438. The van der Waals surface area contributed by atoms with Crippen LogP contribution in [0.5, 0.6) is 0 Å². The van der Waals surface area contributed by atoms with Gasteiger partial charge in [-0.3, -0.25) is 0 Å². The Kier molecular flexibility index (Phi) is 3.29. The minimum atomic E-state index is 0.222. The number of benzene rings is 1. The smallest absolute Gasteiger partial charge is 0.129 e. The summed E-state index contributed by atoms with van der Waals surface area (Å²) in [4.78, 5) is 4.72. The van der Waals surface area contributed by atoms with Gasteiger partial charge in [-0.1, -0.05) is 39.0 Å². The van der Waals surface area contributed by atoms with E-state index in [0.717, 1.165) is 11.3 Å². The van der Waals surface area contributed by atoms with Gasteiger partial charge in [-0.15, -0.1) is 0 Å². The Balaban J connectivity index is 2.36. The van der Waals surface area contributed by atoms with E-state index in [1.54, 1.807) is 0 Å². The Morgan fingerprint density at radius 2 is 1.83 bits per heavy atom. The van der Waals surface area contributed by atoms with Crippen LogP contribution in [0, 0.1) is 12.3 Å². The third-order valence-electron chi connectivity index (χ3n) is 3.57. The molecular formula is C16H22N2. The number of hydrogen-bond donors (Lipinski definition) is 1. The van der Waals surface area contributed by atoms with Crippen LogP contribution in [-0.4, -0.2) is 11.0 Å². The standard InChI is InChI=1S/C16H22N2/c1-11-10-13-8-6-7-9-14(13)18-15(11)17-12(2)16(3,4)5/h6-10,12H,1-5H3,(H,17,18). The maximum Gasteiger partial charge on any atom is 0.129 e. The molecule has 0 aliphatic rings. The molecule has 0 spiro atoms. The van der Waals surface area contributed by atoms with E-state index in [4.69, 9.17) is 4.98 Å². The molecule has 0 bridgehead atoms. The van der Waals surface area contributed by atoms with E-state index in [1.165, 1.54) is 10.9 Å². The minimum Gasteiger partial charge on any atom is -0.367 e. The van der Waals surface area contributed by atoms with Crippen LogP contribution in [0.15, 0.2) is 30.3 Å². The number of rotatable bonds is 2. The lowest BCUT2D eigenvalue weighted by Gasteiger charge is -2.29. The summed E-state index contributed by atoms with van der Waals surface area (Å²) in [5.74, 6) is 0.996. The van der Waals surface area contributed by atoms with Gasteiger partial charge in [0.1, 0.15) is 5.82 Å². The van der Waals surface area contributed by atoms with Crippen LogP contribution >= 0.6 is 0 Å². The number of nitrogens with zero attached hydrogens (tertiary/aromatic N) is 1. The fourth-order valence-electron chi connectivity index (χ4n) is 1.79. The van der Waals surface area contributed by atoms with Crippen molar-refractivity contribution in [3.8, 4) is 0 Å². The van der Waals surface area contributed by atoms with Crippen LogP contribution in [0.25, 0.3) is 10.9 Å². The van der Waals surface area contributed by atoms with Gasteiger partial charge < -0.3 is 5.32 Å². The molecule has 0 aliphatic carbocycles. The number of aromatic nitrogens is 1. The lowest BCUT2D eigenvalue weighted by molar-refractivity contribution is 0.358. The molecule has 2 rings (SSSR count). The summed E-state index contributed by atoms with van der Waals surface area (Å²) in [5, 5.41) is 4.73. The van der Waals surface area contributed by atoms with Crippen LogP contribution < -0.4 is 5.32 Å². The molecular weight excluding hydrogens is 220 g/mol. The van der Waals surface area contributed by atoms with Gasteiger partial charge in [0.25, 0.3) is 0 Å². The number of fused-ring (bicyclic) bond motifs is 1. The van der Waals surface area contributed by atoms with Crippen LogP contribution in [-0.2, 0) is 0 Å². The van der Waals surface area contributed by atoms with Crippen LogP contribution in [0.3, 0.4) is 0 Å². The Morgan fingerprint density at radius 1 is 1.17 bits per heavy atom. The Bertz CT molecular complexity index is 553. The molecule has 0 saturated carbocycles. The van der Waals surface area contributed by atoms with E-state index in [2.05, 4.69) is 58.1 Å². The average Bonchev–Trinajstić information content (AvgIpc) is 2.28. The molecule has 0 saturated heterocycles. The summed E-state index contributed by atoms with van der Waals surface area (Å²) in [5.41, 5.74) is 2.47. The summed E-state index contributed by atoms with van der Waals surface area (Å²) in [7, 11) is 0. The SMILES string of the molecule is Cc1cc2ccccc2nc1NC(C)C(C)(C)C. The first kappa shape index (κ1) is 12.9. The highest BCUT2D eigenvalue weighted by Crippen LogP contribution is 2.25. The molecule has 2 aromatic rings. The minimum absolute atomic E-state index is 0.222. The molecule has 2 nitrogen and oxygen atoms in total. The molecule has 0 fully saturated rings. The average molecular weight is 242 g/mol. The molecule has 1 unspecified atom stereocenters. The lowest BCUT2D eigenvalue weighted by atomic mass is 9.88. The van der Waals surface area contributed by atoms with Gasteiger partial charge in [-0.2, -0.15) is 0 Å². The molecule has 1 heterocycles. The fourth-order valence-corrected chi connectivity index (χ4v) is 1.79. The zero-order valence-corrected chi connectivity index (χ0v) is 11.9. The van der Waals surface area contributed by atoms with E-state index in [9.17, 15) is 0 Å². The number of pyridine rings is 1. The van der Waals surface area contributed by atoms with E-state index in [-0.39, 0.29) is 5.41 Å². The van der Waals surface area contributed by atoms with Crippen molar-refractivity contribution in [2.75, 3.05) is 5.32 Å². The summed E-state index contributed by atoms with van der Waals surface area (Å²) in [6, 6.07) is 10.8. The zero-order valence-electron chi connectivity index (χ0n) is 11.9. The quantitative estimate of drug-likeness (QED) is 0.844. The van der Waals surface area contributed by atoms with Gasteiger partial charge >= 0.3 is 0 Å². The van der Waals surface area contributed by atoms with Gasteiger partial charge in [0, 0.05) is 11.4 Å². The maximum absolute atomic E-state index is 4.72. The van der Waals surface area contributed by atoms with Crippen LogP contribution in [0.2, 0.25) is 0 Å². The third kappa shape index (κ3) is 2.63. The second-order valence-electron chi connectivity index (χ2n) is 6.08. The largest absolute Gasteiger partial charge is 0.367 e. The van der Waals surface area contributed by atoms with Crippen molar-refractivity contribution >= 4 is 16.7 Å². The summed E-state index contributed by atoms with van der Waals surface area (Å²) >= 11 is 0.